The average molecular weight is 526 g/mol. The van der Waals surface area contributed by atoms with Crippen LogP contribution in [0.1, 0.15) is 16.7 Å². The number of hydrogen-bond acceptors (Lipinski definition) is 6. The lowest BCUT2D eigenvalue weighted by atomic mass is 10.0. The minimum Gasteiger partial charge on any atom is -0.505 e. The Hall–Kier alpha value is -5.18. The van der Waals surface area contributed by atoms with Crippen LogP contribution in [0.3, 0.4) is 0 Å². The van der Waals surface area contributed by atoms with Gasteiger partial charge in [0.05, 0.1) is 5.52 Å². The van der Waals surface area contributed by atoms with Gasteiger partial charge < -0.3 is 20.1 Å². The third-order valence-corrected chi connectivity index (χ3v) is 6.57. The highest BCUT2D eigenvalue weighted by Gasteiger charge is 2.20. The molecule has 0 unspecified atom stereocenters. The van der Waals surface area contributed by atoms with Gasteiger partial charge in [-0.25, -0.2) is 9.18 Å². The van der Waals surface area contributed by atoms with E-state index in [0.29, 0.717) is 33.3 Å². The van der Waals surface area contributed by atoms with Gasteiger partial charge in [0.15, 0.2) is 11.4 Å². The number of rotatable bonds is 5. The fourth-order valence-corrected chi connectivity index (χ4v) is 4.38. The van der Waals surface area contributed by atoms with E-state index in [1.165, 1.54) is 24.3 Å². The number of hydrogen-bond donors (Lipinski definition) is 3. The molecule has 196 valence electrons. The van der Waals surface area contributed by atoms with Gasteiger partial charge in [-0.3, -0.25) is 4.57 Å². The van der Waals surface area contributed by atoms with E-state index in [-0.39, 0.29) is 28.8 Å². The van der Waals surface area contributed by atoms with E-state index < -0.39 is 12.0 Å². The first-order chi connectivity index (χ1) is 18.6. The summed E-state index contributed by atoms with van der Waals surface area (Å²) in [6.07, 6.45) is -1.45. The van der Waals surface area contributed by atoms with Crippen molar-refractivity contribution < 1.29 is 29.2 Å². The number of phenolic OH excluding ortho intramolecular Hbond substituents is 1. The van der Waals surface area contributed by atoms with Crippen molar-refractivity contribution in [1.29, 1.82) is 0 Å². The molecule has 0 fully saturated rings. The maximum absolute atomic E-state index is 14.6. The van der Waals surface area contributed by atoms with Crippen LogP contribution in [0.25, 0.3) is 27.7 Å². The number of para-hydroxylation sites is 1. The molecule has 0 saturated carbocycles. The number of benzene rings is 4. The molecule has 0 saturated heterocycles. The minimum absolute atomic E-state index is 0.0452. The number of carboxylic acid groups (broad SMARTS) is 1. The number of carbonyl (C=O) groups is 1. The maximum Gasteiger partial charge on any atom is 0.511 e. The SMILES string of the molecule is Cc1ccc(-n2c(O)c(N=Nc3cccc(-c4cccc(OC(=O)O)c4)c3O)c3cc(F)c(C)cc32)cc1C. The predicted octanol–water partition coefficient (Wildman–Crippen LogP) is 8.25. The van der Waals surface area contributed by atoms with Gasteiger partial charge in [-0.2, -0.15) is 0 Å². The van der Waals surface area contributed by atoms with Crippen LogP contribution < -0.4 is 4.74 Å². The fourth-order valence-electron chi connectivity index (χ4n) is 4.38. The fraction of sp³-hybridized carbons (Fsp3) is 0.100. The molecular formula is C30H24FN3O5. The molecule has 0 aliphatic heterocycles. The van der Waals surface area contributed by atoms with Gasteiger partial charge in [-0.05, 0) is 85.5 Å². The van der Waals surface area contributed by atoms with E-state index in [4.69, 9.17) is 9.84 Å². The first kappa shape index (κ1) is 25.5. The topological polar surface area (TPSA) is 117 Å². The average Bonchev–Trinajstić information content (AvgIpc) is 3.15. The Morgan fingerprint density at radius 3 is 2.38 bits per heavy atom. The third-order valence-electron chi connectivity index (χ3n) is 6.57. The molecule has 0 aliphatic rings. The first-order valence-electron chi connectivity index (χ1n) is 12.0. The van der Waals surface area contributed by atoms with Crippen molar-refractivity contribution in [3.63, 3.8) is 0 Å². The Bertz CT molecular complexity index is 1790. The van der Waals surface area contributed by atoms with Crippen molar-refractivity contribution in [3.8, 4) is 34.2 Å². The van der Waals surface area contributed by atoms with E-state index in [1.54, 1.807) is 41.8 Å². The number of aromatic nitrogens is 1. The lowest BCUT2D eigenvalue weighted by molar-refractivity contribution is 0.144. The number of ether oxygens (including phenoxy) is 1. The highest BCUT2D eigenvalue weighted by molar-refractivity contribution is 5.97. The van der Waals surface area contributed by atoms with Gasteiger partial charge in [0.25, 0.3) is 0 Å². The highest BCUT2D eigenvalue weighted by atomic mass is 19.1. The molecule has 0 bridgehead atoms. The Morgan fingerprint density at radius 1 is 0.872 bits per heavy atom. The molecule has 8 nitrogen and oxygen atoms in total. The van der Waals surface area contributed by atoms with E-state index in [9.17, 15) is 19.4 Å². The van der Waals surface area contributed by atoms with Gasteiger partial charge in [-0.15, -0.1) is 10.2 Å². The van der Waals surface area contributed by atoms with Crippen LogP contribution in [0.4, 0.5) is 20.6 Å². The van der Waals surface area contributed by atoms with Crippen molar-refractivity contribution in [3.05, 3.63) is 95.3 Å². The molecule has 0 spiro atoms. The Balaban J connectivity index is 1.62. The van der Waals surface area contributed by atoms with Crippen LogP contribution >= 0.6 is 0 Å². The smallest absolute Gasteiger partial charge is 0.505 e. The predicted molar refractivity (Wildman–Crippen MR) is 145 cm³/mol. The van der Waals surface area contributed by atoms with E-state index in [2.05, 4.69) is 10.2 Å². The highest BCUT2D eigenvalue weighted by Crippen LogP contribution is 2.44. The Labute approximate surface area is 222 Å². The van der Waals surface area contributed by atoms with Gasteiger partial charge >= 0.3 is 6.16 Å². The summed E-state index contributed by atoms with van der Waals surface area (Å²) >= 11 is 0. The summed E-state index contributed by atoms with van der Waals surface area (Å²) in [7, 11) is 0. The van der Waals surface area contributed by atoms with Crippen molar-refractivity contribution >= 4 is 28.4 Å². The number of halogens is 1. The second kappa shape index (κ2) is 9.94. The molecule has 0 atom stereocenters. The van der Waals surface area contributed by atoms with Crippen LogP contribution in [0.15, 0.2) is 83.0 Å². The van der Waals surface area contributed by atoms with Crippen LogP contribution in [-0.2, 0) is 0 Å². The van der Waals surface area contributed by atoms with Crippen LogP contribution in [0.5, 0.6) is 17.4 Å². The molecule has 5 aromatic rings. The van der Waals surface area contributed by atoms with Crippen LogP contribution in [-0.4, -0.2) is 26.0 Å². The zero-order valence-electron chi connectivity index (χ0n) is 21.3. The lowest BCUT2D eigenvalue weighted by Gasteiger charge is -2.10. The molecule has 9 heteroatoms. The van der Waals surface area contributed by atoms with Crippen LogP contribution in [0, 0.1) is 26.6 Å². The van der Waals surface area contributed by atoms with Gasteiger partial charge in [0, 0.05) is 16.6 Å². The lowest BCUT2D eigenvalue weighted by Crippen LogP contribution is -2.02. The Kier molecular flexibility index (Phi) is 6.49. The first-order valence-corrected chi connectivity index (χ1v) is 12.0. The zero-order valence-corrected chi connectivity index (χ0v) is 21.3. The summed E-state index contributed by atoms with van der Waals surface area (Å²) < 4.78 is 20.9. The Morgan fingerprint density at radius 2 is 1.64 bits per heavy atom. The van der Waals surface area contributed by atoms with Gasteiger partial charge in [-0.1, -0.05) is 30.3 Å². The maximum atomic E-state index is 14.6. The monoisotopic (exact) mass is 525 g/mol. The number of aryl methyl sites for hydroxylation is 3. The summed E-state index contributed by atoms with van der Waals surface area (Å²) in [4.78, 5) is 10.9. The van der Waals surface area contributed by atoms with Crippen LogP contribution in [0.2, 0.25) is 0 Å². The normalized spacial score (nSPS) is 11.4. The van der Waals surface area contributed by atoms with E-state index in [0.717, 1.165) is 11.1 Å². The van der Waals surface area contributed by atoms with Crippen molar-refractivity contribution in [2.24, 2.45) is 10.2 Å². The largest absolute Gasteiger partial charge is 0.511 e. The summed E-state index contributed by atoms with van der Waals surface area (Å²) in [5.74, 6) is -0.804. The molecule has 0 aliphatic carbocycles. The molecule has 3 N–H and O–H groups in total. The second-order valence-corrected chi connectivity index (χ2v) is 9.16. The number of phenols is 1. The minimum atomic E-state index is -1.45. The standard InChI is InChI=1S/C30H24FN3O5/c1-16-10-11-20(12-17(16)2)34-26-13-18(3)24(31)15-23(26)27(29(34)36)33-32-25-9-5-8-22(28(25)35)19-6-4-7-21(14-19)39-30(37)38/h4-15,35-36H,1-3H3,(H,37,38). The number of azo groups is 1. The quantitative estimate of drug-likeness (QED) is 0.121. The third kappa shape index (κ3) is 4.77. The van der Waals surface area contributed by atoms with Gasteiger partial charge in [0.2, 0.25) is 5.88 Å². The van der Waals surface area contributed by atoms with E-state index >= 15 is 0 Å². The van der Waals surface area contributed by atoms with Crippen molar-refractivity contribution in [1.82, 2.24) is 4.57 Å². The number of nitrogens with zero attached hydrogens (tertiary/aromatic N) is 3. The van der Waals surface area contributed by atoms with Crippen molar-refractivity contribution in [2.75, 3.05) is 0 Å². The number of aromatic hydroxyl groups is 2. The summed E-state index contributed by atoms with van der Waals surface area (Å²) in [5, 5.41) is 39.9. The summed E-state index contributed by atoms with van der Waals surface area (Å²) in [6.45, 7) is 5.60. The molecular weight excluding hydrogens is 501 g/mol. The molecule has 4 aromatic carbocycles. The molecule has 5 rings (SSSR count). The van der Waals surface area contributed by atoms with Gasteiger partial charge in [0.1, 0.15) is 17.3 Å². The van der Waals surface area contributed by atoms with E-state index in [1.807, 2.05) is 32.0 Å². The van der Waals surface area contributed by atoms with Crippen molar-refractivity contribution in [2.45, 2.75) is 20.8 Å². The second-order valence-electron chi connectivity index (χ2n) is 9.16. The summed E-state index contributed by atoms with van der Waals surface area (Å²) in [6, 6.07) is 19.7. The summed E-state index contributed by atoms with van der Waals surface area (Å²) in [5.41, 5.74) is 4.76. The number of fused-ring (bicyclic) bond motifs is 1. The molecule has 39 heavy (non-hydrogen) atoms. The zero-order chi connectivity index (χ0) is 27.8. The molecule has 1 aromatic heterocycles. The molecule has 0 radical (unpaired) electrons. The molecule has 0 amide bonds. The molecule has 1 heterocycles.